The van der Waals surface area contributed by atoms with Crippen molar-refractivity contribution >= 4 is 5.71 Å². The van der Waals surface area contributed by atoms with E-state index in [1.807, 2.05) is 49.4 Å². The average Bonchev–Trinajstić information content (AvgIpc) is 2.48. The molecule has 0 atom stereocenters. The lowest BCUT2D eigenvalue weighted by atomic mass is 10.1. The molecule has 1 N–H and O–H groups in total. The number of hydrogen-bond acceptors (Lipinski definition) is 4. The van der Waals surface area contributed by atoms with Crippen LogP contribution in [0, 0.1) is 0 Å². The van der Waals surface area contributed by atoms with Gasteiger partial charge in [-0.05, 0) is 24.6 Å². The number of aliphatic hydroxyl groups excluding tert-OH is 1. The van der Waals surface area contributed by atoms with Gasteiger partial charge in [0.2, 0.25) is 0 Å². The minimum Gasteiger partial charge on any atom is -0.393 e. The van der Waals surface area contributed by atoms with Crippen LogP contribution in [-0.2, 0) is 4.84 Å². The molecule has 0 bridgehead atoms. The molecule has 2 aromatic rings. The molecule has 98 valence electrons. The van der Waals surface area contributed by atoms with Gasteiger partial charge in [-0.15, -0.1) is 0 Å². The van der Waals surface area contributed by atoms with E-state index in [1.54, 1.807) is 6.20 Å². The highest BCUT2D eigenvalue weighted by molar-refractivity contribution is 5.98. The molecular formula is C15H16N2O2. The summed E-state index contributed by atoms with van der Waals surface area (Å²) in [5.41, 5.74) is 3.77. The molecule has 2 rings (SSSR count). The van der Waals surface area contributed by atoms with Crippen LogP contribution in [0.15, 0.2) is 53.8 Å². The third-order valence-electron chi connectivity index (χ3n) is 2.65. The van der Waals surface area contributed by atoms with Gasteiger partial charge in [-0.2, -0.15) is 0 Å². The second-order valence-corrected chi connectivity index (χ2v) is 4.03. The van der Waals surface area contributed by atoms with E-state index in [4.69, 9.17) is 9.94 Å². The largest absolute Gasteiger partial charge is 0.393 e. The molecule has 0 fully saturated rings. The molecule has 0 aliphatic heterocycles. The number of oxime groups is 1. The zero-order valence-electron chi connectivity index (χ0n) is 10.8. The van der Waals surface area contributed by atoms with Crippen molar-refractivity contribution in [1.29, 1.82) is 0 Å². The average molecular weight is 256 g/mol. The highest BCUT2D eigenvalue weighted by Crippen LogP contribution is 2.17. The molecule has 0 aliphatic carbocycles. The molecule has 1 aromatic carbocycles. The summed E-state index contributed by atoms with van der Waals surface area (Å²) < 4.78 is 0. The molecule has 0 saturated carbocycles. The van der Waals surface area contributed by atoms with Crippen LogP contribution in [0.25, 0.3) is 11.3 Å². The van der Waals surface area contributed by atoms with E-state index in [0.717, 1.165) is 22.5 Å². The summed E-state index contributed by atoms with van der Waals surface area (Å²) in [5.74, 6) is 0. The lowest BCUT2D eigenvalue weighted by Crippen LogP contribution is -1.99. The van der Waals surface area contributed by atoms with E-state index in [-0.39, 0.29) is 13.2 Å². The summed E-state index contributed by atoms with van der Waals surface area (Å²) in [6.07, 6.45) is 1.78. The molecule has 4 heteroatoms. The van der Waals surface area contributed by atoms with Crippen LogP contribution in [-0.4, -0.2) is 29.0 Å². The van der Waals surface area contributed by atoms with E-state index >= 15 is 0 Å². The van der Waals surface area contributed by atoms with Crippen molar-refractivity contribution in [3.8, 4) is 11.3 Å². The SMILES string of the molecule is CC(=NOCCO)c1ccc(-c2ccccn2)cc1. The Morgan fingerprint density at radius 1 is 1.21 bits per heavy atom. The van der Waals surface area contributed by atoms with Gasteiger partial charge in [0.15, 0.2) is 0 Å². The number of aliphatic hydroxyl groups is 1. The Kier molecular flexibility index (Phi) is 4.64. The second-order valence-electron chi connectivity index (χ2n) is 4.03. The van der Waals surface area contributed by atoms with Crippen molar-refractivity contribution in [3.05, 3.63) is 54.2 Å². The summed E-state index contributed by atoms with van der Waals surface area (Å²) in [5, 5.41) is 12.5. The van der Waals surface area contributed by atoms with Gasteiger partial charge < -0.3 is 9.94 Å². The van der Waals surface area contributed by atoms with Crippen molar-refractivity contribution in [2.45, 2.75) is 6.92 Å². The highest BCUT2D eigenvalue weighted by atomic mass is 16.6. The topological polar surface area (TPSA) is 54.7 Å². The molecule has 0 unspecified atom stereocenters. The number of rotatable bonds is 5. The standard InChI is InChI=1S/C15H16N2O2/c1-12(17-19-11-10-18)13-5-7-14(8-6-13)15-4-2-3-9-16-15/h2-9,18H,10-11H2,1H3. The van der Waals surface area contributed by atoms with Crippen LogP contribution in [0.1, 0.15) is 12.5 Å². The minimum absolute atomic E-state index is 0.0323. The fraction of sp³-hybridized carbons (Fsp3) is 0.200. The normalized spacial score (nSPS) is 11.4. The fourth-order valence-corrected chi connectivity index (χ4v) is 1.65. The zero-order chi connectivity index (χ0) is 13.5. The van der Waals surface area contributed by atoms with Crippen LogP contribution < -0.4 is 0 Å². The zero-order valence-corrected chi connectivity index (χ0v) is 10.8. The number of pyridine rings is 1. The summed E-state index contributed by atoms with van der Waals surface area (Å²) in [4.78, 5) is 9.24. The van der Waals surface area contributed by atoms with Gasteiger partial charge in [0, 0.05) is 11.8 Å². The van der Waals surface area contributed by atoms with Gasteiger partial charge in [0.1, 0.15) is 6.61 Å². The van der Waals surface area contributed by atoms with Crippen molar-refractivity contribution in [1.82, 2.24) is 4.98 Å². The third kappa shape index (κ3) is 3.63. The first-order valence-corrected chi connectivity index (χ1v) is 6.10. The molecule has 19 heavy (non-hydrogen) atoms. The second kappa shape index (κ2) is 6.66. The predicted octanol–water partition coefficient (Wildman–Crippen LogP) is 2.48. The summed E-state index contributed by atoms with van der Waals surface area (Å²) in [7, 11) is 0. The summed E-state index contributed by atoms with van der Waals surface area (Å²) >= 11 is 0. The quantitative estimate of drug-likeness (QED) is 0.508. The fourth-order valence-electron chi connectivity index (χ4n) is 1.65. The van der Waals surface area contributed by atoms with Gasteiger partial charge >= 0.3 is 0 Å². The maximum atomic E-state index is 8.61. The molecule has 0 saturated heterocycles. The molecule has 0 amide bonds. The lowest BCUT2D eigenvalue weighted by Gasteiger charge is -2.04. The highest BCUT2D eigenvalue weighted by Gasteiger charge is 2.01. The smallest absolute Gasteiger partial charge is 0.140 e. The van der Waals surface area contributed by atoms with E-state index in [9.17, 15) is 0 Å². The Morgan fingerprint density at radius 2 is 2.00 bits per heavy atom. The number of hydrogen-bond donors (Lipinski definition) is 1. The Labute approximate surface area is 112 Å². The third-order valence-corrected chi connectivity index (χ3v) is 2.65. The maximum Gasteiger partial charge on any atom is 0.140 e. The molecule has 0 spiro atoms. The molecule has 4 nitrogen and oxygen atoms in total. The molecule has 1 heterocycles. The van der Waals surface area contributed by atoms with Gasteiger partial charge in [0.25, 0.3) is 0 Å². The summed E-state index contributed by atoms with van der Waals surface area (Å²) in [6, 6.07) is 13.8. The van der Waals surface area contributed by atoms with Crippen LogP contribution >= 0.6 is 0 Å². The van der Waals surface area contributed by atoms with Gasteiger partial charge in [-0.1, -0.05) is 35.5 Å². The molecule has 0 radical (unpaired) electrons. The predicted molar refractivity (Wildman–Crippen MR) is 74.9 cm³/mol. The van der Waals surface area contributed by atoms with Crippen molar-refractivity contribution in [3.63, 3.8) is 0 Å². The van der Waals surface area contributed by atoms with Gasteiger partial charge in [0.05, 0.1) is 18.0 Å². The van der Waals surface area contributed by atoms with Gasteiger partial charge in [-0.3, -0.25) is 4.98 Å². The van der Waals surface area contributed by atoms with Crippen LogP contribution in [0.4, 0.5) is 0 Å². The Balaban J connectivity index is 2.12. The van der Waals surface area contributed by atoms with E-state index in [1.165, 1.54) is 0 Å². The monoisotopic (exact) mass is 256 g/mol. The van der Waals surface area contributed by atoms with Crippen LogP contribution in [0.3, 0.4) is 0 Å². The van der Waals surface area contributed by atoms with Crippen LogP contribution in [0.2, 0.25) is 0 Å². The lowest BCUT2D eigenvalue weighted by molar-refractivity contribution is 0.0986. The first-order chi connectivity index (χ1) is 9.31. The van der Waals surface area contributed by atoms with Crippen molar-refractivity contribution < 1.29 is 9.94 Å². The minimum atomic E-state index is -0.0323. The Hall–Kier alpha value is -2.20. The van der Waals surface area contributed by atoms with Crippen LogP contribution in [0.5, 0.6) is 0 Å². The Morgan fingerprint density at radius 3 is 2.63 bits per heavy atom. The van der Waals surface area contributed by atoms with Crippen molar-refractivity contribution in [2.24, 2.45) is 5.16 Å². The maximum absolute atomic E-state index is 8.61. The molecule has 1 aromatic heterocycles. The number of aromatic nitrogens is 1. The first kappa shape index (κ1) is 13.2. The van der Waals surface area contributed by atoms with E-state index in [0.29, 0.717) is 0 Å². The van der Waals surface area contributed by atoms with E-state index in [2.05, 4.69) is 10.1 Å². The molecular weight excluding hydrogens is 240 g/mol. The van der Waals surface area contributed by atoms with Gasteiger partial charge in [-0.25, -0.2) is 0 Å². The summed E-state index contributed by atoms with van der Waals surface area (Å²) in [6.45, 7) is 2.05. The Bertz CT molecular complexity index is 536. The van der Waals surface area contributed by atoms with E-state index < -0.39 is 0 Å². The van der Waals surface area contributed by atoms with Crippen molar-refractivity contribution in [2.75, 3.05) is 13.2 Å². The number of benzene rings is 1. The number of nitrogens with zero attached hydrogens (tertiary/aromatic N) is 2. The molecule has 0 aliphatic rings. The first-order valence-electron chi connectivity index (χ1n) is 6.10.